The molecule has 0 radical (unpaired) electrons. The number of nitrogens with one attached hydrogen (secondary N) is 4. The van der Waals surface area contributed by atoms with Gasteiger partial charge in [0.15, 0.2) is 0 Å². The minimum atomic E-state index is -4.47. The number of benzene rings is 2. The van der Waals surface area contributed by atoms with E-state index < -0.39 is 23.6 Å². The van der Waals surface area contributed by atoms with Crippen molar-refractivity contribution in [3.63, 3.8) is 0 Å². The van der Waals surface area contributed by atoms with Gasteiger partial charge in [-0.3, -0.25) is 30.2 Å². The quantitative estimate of drug-likeness (QED) is 0.290. The number of carbonyl (C=O) groups is 2. The SMILES string of the molecule is O=C(Nc1nc2c(C(=O)Nc3nc#c[nH]3)cccc2[nH]1)c1ccc(-c2ccc(C(F)(F)F)cn2)cc1. The van der Waals surface area contributed by atoms with Crippen LogP contribution in [0.2, 0.25) is 0 Å². The van der Waals surface area contributed by atoms with Crippen LogP contribution in [-0.2, 0) is 6.18 Å². The molecular formula is C24H14F3N7O2. The molecule has 2 aromatic carbocycles. The maximum atomic E-state index is 12.7. The Morgan fingerprint density at radius 3 is 2.36 bits per heavy atom. The van der Waals surface area contributed by atoms with E-state index in [2.05, 4.69) is 47.9 Å². The third kappa shape index (κ3) is 4.58. The number of aromatic nitrogens is 5. The van der Waals surface area contributed by atoms with Crippen LogP contribution in [-0.4, -0.2) is 36.7 Å². The molecular weight excluding hydrogens is 475 g/mol. The van der Waals surface area contributed by atoms with Crippen LogP contribution in [0.1, 0.15) is 26.3 Å². The maximum absolute atomic E-state index is 12.7. The van der Waals surface area contributed by atoms with Crippen LogP contribution < -0.4 is 10.6 Å². The summed E-state index contributed by atoms with van der Waals surface area (Å²) in [6, 6.07) is 13.3. The van der Waals surface area contributed by atoms with Gasteiger partial charge in [-0.1, -0.05) is 18.2 Å². The predicted molar refractivity (Wildman–Crippen MR) is 123 cm³/mol. The molecule has 3 aromatic heterocycles. The Bertz CT molecular complexity index is 1540. The van der Waals surface area contributed by atoms with Crippen LogP contribution in [0.15, 0.2) is 60.8 Å². The van der Waals surface area contributed by atoms with Gasteiger partial charge in [0.05, 0.1) is 28.5 Å². The average molecular weight is 489 g/mol. The van der Waals surface area contributed by atoms with Gasteiger partial charge in [-0.2, -0.15) is 18.2 Å². The van der Waals surface area contributed by atoms with Crippen molar-refractivity contribution in [3.05, 3.63) is 89.9 Å². The summed E-state index contributed by atoms with van der Waals surface area (Å²) in [5.41, 5.74) is 1.46. The van der Waals surface area contributed by atoms with Gasteiger partial charge >= 0.3 is 6.18 Å². The zero-order valence-corrected chi connectivity index (χ0v) is 18.1. The number of alkyl halides is 3. The summed E-state index contributed by atoms with van der Waals surface area (Å²) in [5, 5.41) is 5.20. The predicted octanol–water partition coefficient (Wildman–Crippen LogP) is 4.47. The molecule has 5 aromatic rings. The minimum absolute atomic E-state index is 0.128. The van der Waals surface area contributed by atoms with Crippen molar-refractivity contribution < 1.29 is 22.8 Å². The van der Waals surface area contributed by atoms with Gasteiger partial charge in [-0.15, -0.1) is 0 Å². The molecule has 36 heavy (non-hydrogen) atoms. The first-order valence-corrected chi connectivity index (χ1v) is 10.4. The second kappa shape index (κ2) is 8.88. The first-order chi connectivity index (χ1) is 17.3. The van der Waals surface area contributed by atoms with Crippen molar-refractivity contribution in [3.8, 4) is 11.3 Å². The summed E-state index contributed by atoms with van der Waals surface area (Å²) in [6.07, 6.45) is 1.22. The van der Waals surface area contributed by atoms with Gasteiger partial charge in [0.25, 0.3) is 11.8 Å². The highest BCUT2D eigenvalue weighted by Crippen LogP contribution is 2.30. The largest absolute Gasteiger partial charge is 0.417 e. The summed E-state index contributed by atoms with van der Waals surface area (Å²) in [7, 11) is 0. The van der Waals surface area contributed by atoms with Gasteiger partial charge < -0.3 is 4.98 Å². The number of amides is 2. The Morgan fingerprint density at radius 1 is 0.917 bits per heavy atom. The molecule has 5 rings (SSSR count). The first kappa shape index (κ1) is 22.6. The Morgan fingerprint density at radius 2 is 1.69 bits per heavy atom. The number of imidazole rings is 1. The fraction of sp³-hybridized carbons (Fsp3) is 0.0417. The van der Waals surface area contributed by atoms with Crippen molar-refractivity contribution in [1.29, 1.82) is 0 Å². The summed E-state index contributed by atoms with van der Waals surface area (Å²) in [4.78, 5) is 42.8. The molecule has 0 saturated carbocycles. The highest BCUT2D eigenvalue weighted by Gasteiger charge is 2.30. The number of hydrogen-bond acceptors (Lipinski definition) is 5. The Labute approximate surface area is 200 Å². The Hall–Kier alpha value is -5.18. The molecule has 0 spiro atoms. The standard InChI is InChI=1S/C24H14F3N7O2/c25-24(26,27)15-8-9-17(30-12-15)13-4-6-14(7-5-13)20(35)33-23-31-18-3-1-2-16(19(18)32-23)21(36)34-22-28-10-11-29-22/h1-9,12H,(H2,28,29,34,36)(H2,31,32,33,35). The summed E-state index contributed by atoms with van der Waals surface area (Å²) in [6.45, 7) is 0. The molecule has 0 aliphatic carbocycles. The van der Waals surface area contributed by atoms with Crippen molar-refractivity contribution >= 4 is 34.7 Å². The third-order valence-electron chi connectivity index (χ3n) is 5.16. The van der Waals surface area contributed by atoms with E-state index in [1.165, 1.54) is 18.2 Å². The molecule has 12 heteroatoms. The topological polar surface area (TPSA) is 128 Å². The molecule has 9 nitrogen and oxygen atoms in total. The fourth-order valence-electron chi connectivity index (χ4n) is 3.41. The third-order valence-corrected chi connectivity index (χ3v) is 5.16. The fourth-order valence-corrected chi connectivity index (χ4v) is 3.41. The molecule has 0 fully saturated rings. The van der Waals surface area contributed by atoms with Gasteiger partial charge in [-0.05, 0) is 36.4 Å². The second-order valence-electron chi connectivity index (χ2n) is 7.52. The Kier molecular flexibility index (Phi) is 5.57. The number of nitrogens with zero attached hydrogens (tertiary/aromatic N) is 3. The average Bonchev–Trinajstić information content (AvgIpc) is 3.52. The zero-order chi connectivity index (χ0) is 25.3. The number of H-pyrrole nitrogens is 2. The van der Waals surface area contributed by atoms with Crippen molar-refractivity contribution in [2.24, 2.45) is 0 Å². The van der Waals surface area contributed by atoms with Crippen LogP contribution in [0.4, 0.5) is 25.1 Å². The molecule has 2 amide bonds. The van der Waals surface area contributed by atoms with Gasteiger partial charge in [0.1, 0.15) is 5.52 Å². The lowest BCUT2D eigenvalue weighted by Gasteiger charge is -2.07. The van der Waals surface area contributed by atoms with E-state index in [0.29, 0.717) is 22.3 Å². The molecule has 0 aliphatic rings. The van der Waals surface area contributed by atoms with Crippen LogP contribution in [0.3, 0.4) is 0 Å². The number of carbonyl (C=O) groups excluding carboxylic acids is 2. The van der Waals surface area contributed by atoms with Crippen LogP contribution in [0, 0.1) is 12.4 Å². The number of aromatic amines is 2. The minimum Gasteiger partial charge on any atom is -0.324 e. The van der Waals surface area contributed by atoms with E-state index in [4.69, 9.17) is 0 Å². The molecule has 4 N–H and O–H groups in total. The smallest absolute Gasteiger partial charge is 0.324 e. The van der Waals surface area contributed by atoms with Crippen LogP contribution in [0.5, 0.6) is 0 Å². The number of halogens is 3. The number of para-hydroxylation sites is 1. The number of rotatable bonds is 5. The van der Waals surface area contributed by atoms with E-state index in [0.717, 1.165) is 12.3 Å². The molecule has 178 valence electrons. The lowest BCUT2D eigenvalue weighted by atomic mass is 10.1. The summed E-state index contributed by atoms with van der Waals surface area (Å²) >= 11 is 0. The molecule has 0 saturated heterocycles. The molecule has 3 heterocycles. The number of fused-ring (bicyclic) bond motifs is 1. The van der Waals surface area contributed by atoms with Crippen LogP contribution >= 0.6 is 0 Å². The van der Waals surface area contributed by atoms with E-state index in [1.54, 1.807) is 30.3 Å². The van der Waals surface area contributed by atoms with E-state index in [9.17, 15) is 22.8 Å². The van der Waals surface area contributed by atoms with Crippen LogP contribution in [0.25, 0.3) is 22.3 Å². The summed E-state index contributed by atoms with van der Waals surface area (Å²) < 4.78 is 38.2. The second-order valence-corrected chi connectivity index (χ2v) is 7.52. The first-order valence-electron chi connectivity index (χ1n) is 10.4. The molecule has 0 unspecified atom stereocenters. The Balaban J connectivity index is 1.31. The van der Waals surface area contributed by atoms with Gasteiger partial charge in [0.2, 0.25) is 11.9 Å². The van der Waals surface area contributed by atoms with E-state index in [1.807, 2.05) is 0 Å². The van der Waals surface area contributed by atoms with E-state index in [-0.39, 0.29) is 23.0 Å². The molecule has 0 aliphatic heterocycles. The van der Waals surface area contributed by atoms with Gasteiger partial charge in [0, 0.05) is 23.5 Å². The number of pyridine rings is 1. The lowest BCUT2D eigenvalue weighted by Crippen LogP contribution is -2.14. The summed E-state index contributed by atoms with van der Waals surface area (Å²) in [5.74, 6) is -0.637. The maximum Gasteiger partial charge on any atom is 0.417 e. The highest BCUT2D eigenvalue weighted by atomic mass is 19.4. The zero-order valence-electron chi connectivity index (χ0n) is 18.1. The van der Waals surface area contributed by atoms with Crippen molar-refractivity contribution in [2.75, 3.05) is 10.6 Å². The van der Waals surface area contributed by atoms with E-state index >= 15 is 0 Å². The number of anilines is 2. The lowest BCUT2D eigenvalue weighted by molar-refractivity contribution is -0.137. The highest BCUT2D eigenvalue weighted by molar-refractivity contribution is 6.11. The number of hydrogen-bond donors (Lipinski definition) is 4. The monoisotopic (exact) mass is 489 g/mol. The molecule has 0 bridgehead atoms. The molecule has 0 atom stereocenters. The normalized spacial score (nSPS) is 11.2. The van der Waals surface area contributed by atoms with Crippen molar-refractivity contribution in [2.45, 2.75) is 6.18 Å². The van der Waals surface area contributed by atoms with Gasteiger partial charge in [-0.25, -0.2) is 4.98 Å². The van der Waals surface area contributed by atoms with Crippen molar-refractivity contribution in [1.82, 2.24) is 24.9 Å².